The third-order valence-electron chi connectivity index (χ3n) is 4.54. The van der Waals surface area contributed by atoms with E-state index >= 15 is 0 Å². The van der Waals surface area contributed by atoms with E-state index in [2.05, 4.69) is 23.2 Å². The van der Waals surface area contributed by atoms with Gasteiger partial charge in [0.25, 0.3) is 0 Å². The van der Waals surface area contributed by atoms with Crippen molar-refractivity contribution in [1.29, 1.82) is 5.26 Å². The lowest BCUT2D eigenvalue weighted by molar-refractivity contribution is 0.208. The van der Waals surface area contributed by atoms with E-state index in [1.54, 1.807) is 0 Å². The second-order valence-corrected chi connectivity index (χ2v) is 6.11. The van der Waals surface area contributed by atoms with Gasteiger partial charge in [0.1, 0.15) is 0 Å². The summed E-state index contributed by atoms with van der Waals surface area (Å²) in [5.41, 5.74) is 3.84. The average molecular weight is 334 g/mol. The van der Waals surface area contributed by atoms with Crippen LogP contribution in [0, 0.1) is 11.3 Å². The van der Waals surface area contributed by atoms with Gasteiger partial charge in [0.15, 0.2) is 0 Å². The zero-order valence-electron chi connectivity index (χ0n) is 14.4. The summed E-state index contributed by atoms with van der Waals surface area (Å²) in [6.45, 7) is 5.04. The summed E-state index contributed by atoms with van der Waals surface area (Å²) in [4.78, 5) is 16.5. The molecule has 1 saturated heterocycles. The zero-order chi connectivity index (χ0) is 17.6. The van der Waals surface area contributed by atoms with E-state index in [0.29, 0.717) is 18.7 Å². The second kappa shape index (κ2) is 7.71. The number of aryl methyl sites for hydroxylation is 1. The van der Waals surface area contributed by atoms with Crippen molar-refractivity contribution in [1.82, 2.24) is 4.90 Å². The molecule has 0 aliphatic carbocycles. The molecule has 0 aromatic heterocycles. The molecule has 5 nitrogen and oxygen atoms in total. The number of carbonyl (C=O) groups excluding carboxylic acids is 1. The van der Waals surface area contributed by atoms with Crippen LogP contribution in [-0.2, 0) is 6.42 Å². The van der Waals surface area contributed by atoms with Crippen LogP contribution in [0.25, 0.3) is 0 Å². The SMILES string of the molecule is CCc1ccc(NC(=O)N2CCN(c3ccc(C#N)cc3)CC2)cc1. The number of nitrogens with one attached hydrogen (secondary N) is 1. The molecule has 0 spiro atoms. The predicted molar refractivity (Wildman–Crippen MR) is 99.8 cm³/mol. The number of nitrogens with zero attached hydrogens (tertiary/aromatic N) is 3. The van der Waals surface area contributed by atoms with E-state index in [-0.39, 0.29) is 6.03 Å². The van der Waals surface area contributed by atoms with E-state index in [1.165, 1.54) is 5.56 Å². The molecule has 1 aliphatic heterocycles. The summed E-state index contributed by atoms with van der Waals surface area (Å²) in [5, 5.41) is 11.8. The Morgan fingerprint density at radius 1 is 1.04 bits per heavy atom. The lowest BCUT2D eigenvalue weighted by Gasteiger charge is -2.36. The summed E-state index contributed by atoms with van der Waals surface area (Å²) in [7, 11) is 0. The molecular weight excluding hydrogens is 312 g/mol. The van der Waals surface area contributed by atoms with Crippen LogP contribution in [0.4, 0.5) is 16.2 Å². The first-order valence-corrected chi connectivity index (χ1v) is 8.59. The maximum absolute atomic E-state index is 12.4. The molecule has 1 N–H and O–H groups in total. The van der Waals surface area contributed by atoms with Crippen LogP contribution in [-0.4, -0.2) is 37.1 Å². The Morgan fingerprint density at radius 2 is 1.68 bits per heavy atom. The van der Waals surface area contributed by atoms with Gasteiger partial charge in [-0.15, -0.1) is 0 Å². The number of piperazine rings is 1. The Labute approximate surface area is 148 Å². The van der Waals surface area contributed by atoms with Crippen LogP contribution in [0.2, 0.25) is 0 Å². The standard InChI is InChI=1S/C20H22N4O/c1-2-16-3-7-18(8-4-16)22-20(25)24-13-11-23(12-14-24)19-9-5-17(15-21)6-10-19/h3-10H,2,11-14H2,1H3,(H,22,25). The Morgan fingerprint density at radius 3 is 2.24 bits per heavy atom. The van der Waals surface area contributed by atoms with Crippen LogP contribution in [0.3, 0.4) is 0 Å². The van der Waals surface area contributed by atoms with Crippen molar-refractivity contribution in [2.24, 2.45) is 0 Å². The summed E-state index contributed by atoms with van der Waals surface area (Å²) in [5.74, 6) is 0. The van der Waals surface area contributed by atoms with Gasteiger partial charge in [-0.2, -0.15) is 5.26 Å². The van der Waals surface area contributed by atoms with Crippen molar-refractivity contribution >= 4 is 17.4 Å². The molecule has 2 amide bonds. The summed E-state index contributed by atoms with van der Waals surface area (Å²) < 4.78 is 0. The molecule has 0 radical (unpaired) electrons. The van der Waals surface area contributed by atoms with Gasteiger partial charge >= 0.3 is 6.03 Å². The minimum Gasteiger partial charge on any atom is -0.368 e. The Kier molecular flexibility index (Phi) is 5.20. The van der Waals surface area contributed by atoms with Gasteiger partial charge in [-0.1, -0.05) is 19.1 Å². The van der Waals surface area contributed by atoms with Gasteiger partial charge in [0.05, 0.1) is 11.6 Å². The van der Waals surface area contributed by atoms with E-state index in [0.717, 1.165) is 30.9 Å². The number of urea groups is 1. The highest BCUT2D eigenvalue weighted by molar-refractivity contribution is 5.89. The highest BCUT2D eigenvalue weighted by Crippen LogP contribution is 2.18. The fraction of sp³-hybridized carbons (Fsp3) is 0.300. The fourth-order valence-electron chi connectivity index (χ4n) is 2.94. The molecule has 3 rings (SSSR count). The number of benzene rings is 2. The number of carbonyl (C=O) groups is 1. The van der Waals surface area contributed by atoms with E-state index in [9.17, 15) is 4.79 Å². The minimum absolute atomic E-state index is 0.0521. The first kappa shape index (κ1) is 16.8. The molecule has 128 valence electrons. The normalized spacial score (nSPS) is 14.1. The van der Waals surface area contributed by atoms with Crippen LogP contribution in [0.1, 0.15) is 18.1 Å². The van der Waals surface area contributed by atoms with Crippen LogP contribution < -0.4 is 10.2 Å². The van der Waals surface area contributed by atoms with Crippen LogP contribution in [0.5, 0.6) is 0 Å². The van der Waals surface area contributed by atoms with Crippen molar-refractivity contribution in [3.8, 4) is 6.07 Å². The molecule has 25 heavy (non-hydrogen) atoms. The molecule has 0 atom stereocenters. The quantitative estimate of drug-likeness (QED) is 0.935. The molecule has 1 fully saturated rings. The van der Waals surface area contributed by atoms with Crippen molar-refractivity contribution < 1.29 is 4.79 Å². The molecule has 2 aromatic carbocycles. The number of anilines is 2. The molecule has 0 unspecified atom stereocenters. The van der Waals surface area contributed by atoms with Crippen molar-refractivity contribution in [3.63, 3.8) is 0 Å². The van der Waals surface area contributed by atoms with Gasteiger partial charge in [-0.25, -0.2) is 4.79 Å². The van der Waals surface area contributed by atoms with Crippen molar-refractivity contribution in [3.05, 3.63) is 59.7 Å². The molecular formula is C20H22N4O. The number of hydrogen-bond donors (Lipinski definition) is 1. The number of nitriles is 1. The zero-order valence-corrected chi connectivity index (χ0v) is 14.4. The first-order chi connectivity index (χ1) is 12.2. The van der Waals surface area contributed by atoms with E-state index in [4.69, 9.17) is 5.26 Å². The third kappa shape index (κ3) is 4.10. The molecule has 5 heteroatoms. The minimum atomic E-state index is -0.0521. The number of hydrogen-bond acceptors (Lipinski definition) is 3. The van der Waals surface area contributed by atoms with Crippen LogP contribution in [0.15, 0.2) is 48.5 Å². The lowest BCUT2D eigenvalue weighted by Crippen LogP contribution is -2.50. The first-order valence-electron chi connectivity index (χ1n) is 8.59. The second-order valence-electron chi connectivity index (χ2n) is 6.11. The largest absolute Gasteiger partial charge is 0.368 e. The monoisotopic (exact) mass is 334 g/mol. The van der Waals surface area contributed by atoms with E-state index < -0.39 is 0 Å². The number of rotatable bonds is 3. The molecule has 1 heterocycles. The maximum Gasteiger partial charge on any atom is 0.321 e. The Hall–Kier alpha value is -3.00. The van der Waals surface area contributed by atoms with E-state index in [1.807, 2.05) is 53.4 Å². The predicted octanol–water partition coefficient (Wildman–Crippen LogP) is 3.47. The summed E-state index contributed by atoms with van der Waals surface area (Å²) in [6, 6.07) is 17.6. The molecule has 2 aromatic rings. The maximum atomic E-state index is 12.4. The average Bonchev–Trinajstić information content (AvgIpc) is 2.69. The highest BCUT2D eigenvalue weighted by Gasteiger charge is 2.21. The van der Waals surface area contributed by atoms with Crippen LogP contribution >= 0.6 is 0 Å². The Balaban J connectivity index is 1.53. The van der Waals surface area contributed by atoms with Crippen molar-refractivity contribution in [2.45, 2.75) is 13.3 Å². The lowest BCUT2D eigenvalue weighted by atomic mass is 10.1. The van der Waals surface area contributed by atoms with Gasteiger partial charge in [-0.3, -0.25) is 0 Å². The number of amides is 2. The van der Waals surface area contributed by atoms with Gasteiger partial charge in [0.2, 0.25) is 0 Å². The molecule has 0 saturated carbocycles. The summed E-state index contributed by atoms with van der Waals surface area (Å²) in [6.07, 6.45) is 0.992. The topological polar surface area (TPSA) is 59.4 Å². The highest BCUT2D eigenvalue weighted by atomic mass is 16.2. The van der Waals surface area contributed by atoms with Gasteiger partial charge in [0, 0.05) is 37.6 Å². The fourth-order valence-corrected chi connectivity index (χ4v) is 2.94. The molecule has 1 aliphatic rings. The Bertz CT molecular complexity index is 754. The van der Waals surface area contributed by atoms with Crippen molar-refractivity contribution in [2.75, 3.05) is 36.4 Å². The van der Waals surface area contributed by atoms with Gasteiger partial charge in [-0.05, 0) is 48.4 Å². The smallest absolute Gasteiger partial charge is 0.321 e. The third-order valence-corrected chi connectivity index (χ3v) is 4.54. The summed E-state index contributed by atoms with van der Waals surface area (Å²) >= 11 is 0. The van der Waals surface area contributed by atoms with Gasteiger partial charge < -0.3 is 15.1 Å². The molecule has 0 bridgehead atoms.